The molecule has 1 aromatic carbocycles. The van der Waals surface area contributed by atoms with Crippen molar-refractivity contribution in [1.29, 1.82) is 0 Å². The number of para-hydroxylation sites is 1. The third-order valence-electron chi connectivity index (χ3n) is 4.31. The second-order valence-corrected chi connectivity index (χ2v) is 6.01. The molecule has 2 rings (SSSR count). The molecule has 0 saturated carbocycles. The van der Waals surface area contributed by atoms with Gasteiger partial charge in [-0.1, -0.05) is 12.1 Å². The van der Waals surface area contributed by atoms with Gasteiger partial charge in [0.15, 0.2) is 11.6 Å². The summed E-state index contributed by atoms with van der Waals surface area (Å²) in [5.41, 5.74) is 0. The minimum atomic E-state index is -0.415. The molecule has 0 bridgehead atoms. The first kappa shape index (κ1) is 16.7. The van der Waals surface area contributed by atoms with Gasteiger partial charge >= 0.3 is 5.97 Å². The van der Waals surface area contributed by atoms with Crippen LogP contribution in [0.25, 0.3) is 0 Å². The molecule has 2 unspecified atom stereocenters. The number of carbonyl (C=O) groups is 1. The summed E-state index contributed by atoms with van der Waals surface area (Å²) in [6, 6.07) is 6.69. The number of methoxy groups -OCH3 is 1. The van der Waals surface area contributed by atoms with E-state index < -0.39 is 5.82 Å². The molecular formula is C17H24FNO3. The van der Waals surface area contributed by atoms with Gasteiger partial charge in [0.25, 0.3) is 0 Å². The van der Waals surface area contributed by atoms with Gasteiger partial charge in [-0.2, -0.15) is 0 Å². The monoisotopic (exact) mass is 309 g/mol. The average Bonchev–Trinajstić information content (AvgIpc) is 2.99. The number of likely N-dealkylation sites (tertiary alicyclic amines) is 1. The second kappa shape index (κ2) is 7.58. The first-order valence-electron chi connectivity index (χ1n) is 7.72. The Morgan fingerprint density at radius 2 is 2.14 bits per heavy atom. The number of esters is 1. The number of carbonyl (C=O) groups excluding carboxylic acids is 1. The quantitative estimate of drug-likeness (QED) is 0.758. The fraction of sp³-hybridized carbons (Fsp3) is 0.588. The average molecular weight is 309 g/mol. The standard InChI is InChI=1S/C17H24FNO3/c1-12(2)19-9-8-13(10-19)14(17(20)21-3)11-22-16-7-5-4-6-15(16)18/h4-7,12-14H,8-11H2,1-3H3. The predicted octanol–water partition coefficient (Wildman–Crippen LogP) is 2.72. The van der Waals surface area contributed by atoms with Crippen LogP contribution in [-0.4, -0.2) is 43.7 Å². The zero-order valence-corrected chi connectivity index (χ0v) is 13.4. The van der Waals surface area contributed by atoms with E-state index in [1.165, 1.54) is 13.2 Å². The number of nitrogens with zero attached hydrogens (tertiary/aromatic N) is 1. The summed E-state index contributed by atoms with van der Waals surface area (Å²) in [4.78, 5) is 14.4. The number of rotatable bonds is 6. The first-order chi connectivity index (χ1) is 10.5. The van der Waals surface area contributed by atoms with Gasteiger partial charge in [0.1, 0.15) is 6.61 Å². The van der Waals surface area contributed by atoms with Crippen molar-refractivity contribution < 1.29 is 18.7 Å². The summed E-state index contributed by atoms with van der Waals surface area (Å²) in [6.07, 6.45) is 0.929. The molecule has 1 aromatic rings. The molecule has 0 amide bonds. The Kier molecular flexibility index (Phi) is 5.77. The normalized spacial score (nSPS) is 20.1. The molecule has 22 heavy (non-hydrogen) atoms. The molecule has 4 nitrogen and oxygen atoms in total. The van der Waals surface area contributed by atoms with Crippen LogP contribution in [0.15, 0.2) is 24.3 Å². The second-order valence-electron chi connectivity index (χ2n) is 6.01. The fourth-order valence-electron chi connectivity index (χ4n) is 2.90. The van der Waals surface area contributed by atoms with Gasteiger partial charge in [0.2, 0.25) is 0 Å². The zero-order chi connectivity index (χ0) is 16.1. The van der Waals surface area contributed by atoms with E-state index in [2.05, 4.69) is 18.7 Å². The van der Waals surface area contributed by atoms with E-state index in [4.69, 9.17) is 9.47 Å². The highest BCUT2D eigenvalue weighted by atomic mass is 19.1. The molecule has 0 aromatic heterocycles. The van der Waals surface area contributed by atoms with Crippen molar-refractivity contribution in [3.63, 3.8) is 0 Å². The fourth-order valence-corrected chi connectivity index (χ4v) is 2.90. The minimum Gasteiger partial charge on any atom is -0.490 e. The van der Waals surface area contributed by atoms with E-state index in [9.17, 15) is 9.18 Å². The molecule has 1 aliphatic rings. The van der Waals surface area contributed by atoms with Gasteiger partial charge in [0.05, 0.1) is 13.0 Å². The van der Waals surface area contributed by atoms with E-state index in [-0.39, 0.29) is 30.2 Å². The summed E-state index contributed by atoms with van der Waals surface area (Å²) < 4.78 is 24.1. The molecule has 0 N–H and O–H groups in total. The highest BCUT2D eigenvalue weighted by molar-refractivity contribution is 5.73. The number of ether oxygens (including phenoxy) is 2. The number of hydrogen-bond donors (Lipinski definition) is 0. The van der Waals surface area contributed by atoms with Gasteiger partial charge in [-0.05, 0) is 44.9 Å². The lowest BCUT2D eigenvalue weighted by Gasteiger charge is -2.24. The van der Waals surface area contributed by atoms with Crippen LogP contribution in [-0.2, 0) is 9.53 Å². The van der Waals surface area contributed by atoms with E-state index >= 15 is 0 Å². The van der Waals surface area contributed by atoms with E-state index in [0.717, 1.165) is 19.5 Å². The molecular weight excluding hydrogens is 285 g/mol. The summed E-state index contributed by atoms with van der Waals surface area (Å²) in [7, 11) is 1.38. The lowest BCUT2D eigenvalue weighted by Crippen LogP contribution is -2.34. The van der Waals surface area contributed by atoms with E-state index in [1.807, 2.05) is 0 Å². The topological polar surface area (TPSA) is 38.8 Å². The molecule has 1 saturated heterocycles. The van der Waals surface area contributed by atoms with Crippen molar-refractivity contribution >= 4 is 5.97 Å². The SMILES string of the molecule is COC(=O)C(COc1ccccc1F)C1CCN(C(C)C)C1. The third kappa shape index (κ3) is 3.97. The smallest absolute Gasteiger partial charge is 0.312 e. The van der Waals surface area contributed by atoms with Crippen molar-refractivity contribution in [2.24, 2.45) is 11.8 Å². The Hall–Kier alpha value is -1.62. The van der Waals surface area contributed by atoms with Crippen LogP contribution in [0.2, 0.25) is 0 Å². The Bertz CT molecular complexity index is 506. The van der Waals surface area contributed by atoms with Crippen molar-refractivity contribution in [3.05, 3.63) is 30.1 Å². The molecule has 0 spiro atoms. The van der Waals surface area contributed by atoms with Gasteiger partial charge in [-0.15, -0.1) is 0 Å². The molecule has 1 heterocycles. The van der Waals surface area contributed by atoms with Crippen molar-refractivity contribution in [1.82, 2.24) is 4.90 Å². The number of halogens is 1. The lowest BCUT2D eigenvalue weighted by atomic mass is 9.92. The summed E-state index contributed by atoms with van der Waals surface area (Å²) in [5, 5.41) is 0. The van der Waals surface area contributed by atoms with Crippen molar-refractivity contribution in [2.75, 3.05) is 26.8 Å². The van der Waals surface area contributed by atoms with Gasteiger partial charge in [-0.25, -0.2) is 4.39 Å². The van der Waals surface area contributed by atoms with Crippen LogP contribution in [0.3, 0.4) is 0 Å². The Balaban J connectivity index is 2.01. The summed E-state index contributed by atoms with van der Waals surface area (Å²) in [5.74, 6) is -0.710. The Morgan fingerprint density at radius 3 is 2.73 bits per heavy atom. The first-order valence-corrected chi connectivity index (χ1v) is 7.72. The van der Waals surface area contributed by atoms with Crippen LogP contribution < -0.4 is 4.74 Å². The van der Waals surface area contributed by atoms with Crippen molar-refractivity contribution in [3.8, 4) is 5.75 Å². The third-order valence-corrected chi connectivity index (χ3v) is 4.31. The number of benzene rings is 1. The maximum Gasteiger partial charge on any atom is 0.312 e. The molecule has 1 aliphatic heterocycles. The molecule has 1 fully saturated rings. The van der Waals surface area contributed by atoms with Crippen LogP contribution in [0.4, 0.5) is 4.39 Å². The molecule has 0 radical (unpaired) electrons. The van der Waals surface area contributed by atoms with E-state index in [1.54, 1.807) is 18.2 Å². The minimum absolute atomic E-state index is 0.143. The maximum atomic E-state index is 13.6. The van der Waals surface area contributed by atoms with Crippen LogP contribution in [0.1, 0.15) is 20.3 Å². The van der Waals surface area contributed by atoms with Gasteiger partial charge < -0.3 is 14.4 Å². The van der Waals surface area contributed by atoms with Crippen LogP contribution in [0, 0.1) is 17.7 Å². The molecule has 2 atom stereocenters. The highest BCUT2D eigenvalue weighted by Gasteiger charge is 2.36. The zero-order valence-electron chi connectivity index (χ0n) is 13.4. The molecule has 122 valence electrons. The molecule has 5 heteroatoms. The van der Waals surface area contributed by atoms with Crippen LogP contribution >= 0.6 is 0 Å². The van der Waals surface area contributed by atoms with Crippen LogP contribution in [0.5, 0.6) is 5.75 Å². The van der Waals surface area contributed by atoms with Gasteiger partial charge in [0, 0.05) is 12.6 Å². The number of hydrogen-bond acceptors (Lipinski definition) is 4. The lowest BCUT2D eigenvalue weighted by molar-refractivity contribution is -0.148. The maximum absolute atomic E-state index is 13.6. The van der Waals surface area contributed by atoms with Crippen molar-refractivity contribution in [2.45, 2.75) is 26.3 Å². The van der Waals surface area contributed by atoms with Gasteiger partial charge in [-0.3, -0.25) is 4.79 Å². The van der Waals surface area contributed by atoms with E-state index in [0.29, 0.717) is 6.04 Å². The highest BCUT2D eigenvalue weighted by Crippen LogP contribution is 2.28. The Labute approximate surface area is 131 Å². The summed E-state index contributed by atoms with van der Waals surface area (Å²) >= 11 is 0. The molecule has 0 aliphatic carbocycles. The summed E-state index contributed by atoms with van der Waals surface area (Å²) in [6.45, 7) is 6.24. The Morgan fingerprint density at radius 1 is 1.41 bits per heavy atom. The largest absolute Gasteiger partial charge is 0.490 e. The predicted molar refractivity (Wildman–Crippen MR) is 82.2 cm³/mol.